The van der Waals surface area contributed by atoms with Gasteiger partial charge in [0.05, 0.1) is 5.60 Å². The zero-order chi connectivity index (χ0) is 15.7. The molecule has 5 nitrogen and oxygen atoms in total. The number of hydrogen-bond donors (Lipinski definition) is 3. The molecule has 2 amide bonds. The van der Waals surface area contributed by atoms with Crippen LogP contribution in [0.25, 0.3) is 0 Å². The molecule has 0 spiro atoms. The van der Waals surface area contributed by atoms with Gasteiger partial charge in [-0.05, 0) is 33.2 Å². The summed E-state index contributed by atoms with van der Waals surface area (Å²) in [6, 6.07) is 0.354. The van der Waals surface area contributed by atoms with Crippen molar-refractivity contribution in [3.63, 3.8) is 0 Å². The maximum absolute atomic E-state index is 11.8. The highest BCUT2D eigenvalue weighted by atomic mass is 16.3. The third kappa shape index (κ3) is 7.14. The van der Waals surface area contributed by atoms with E-state index in [-0.39, 0.29) is 6.03 Å². The molecule has 0 aromatic rings. The highest BCUT2D eigenvalue weighted by Gasteiger charge is 2.28. The van der Waals surface area contributed by atoms with Gasteiger partial charge in [0.1, 0.15) is 0 Å². The first kappa shape index (κ1) is 18.2. The van der Waals surface area contributed by atoms with Crippen molar-refractivity contribution in [2.45, 2.75) is 70.4 Å². The molecule has 21 heavy (non-hydrogen) atoms. The maximum atomic E-state index is 11.8. The van der Waals surface area contributed by atoms with Crippen LogP contribution in [0.15, 0.2) is 0 Å². The minimum Gasteiger partial charge on any atom is -0.388 e. The molecule has 0 radical (unpaired) electrons. The van der Waals surface area contributed by atoms with Gasteiger partial charge in [-0.15, -0.1) is 0 Å². The van der Waals surface area contributed by atoms with Gasteiger partial charge >= 0.3 is 6.03 Å². The largest absolute Gasteiger partial charge is 0.388 e. The summed E-state index contributed by atoms with van der Waals surface area (Å²) < 4.78 is 0. The molecule has 124 valence electrons. The predicted octanol–water partition coefficient (Wildman–Crippen LogP) is 2.10. The molecule has 1 unspecified atom stereocenters. The van der Waals surface area contributed by atoms with Gasteiger partial charge < -0.3 is 20.6 Å². The van der Waals surface area contributed by atoms with Crippen molar-refractivity contribution < 1.29 is 9.90 Å². The molecular formula is C16H33N3O2. The lowest BCUT2D eigenvalue weighted by atomic mass is 9.95. The second kappa shape index (κ2) is 9.26. The fourth-order valence-corrected chi connectivity index (χ4v) is 2.75. The second-order valence-electron chi connectivity index (χ2n) is 6.49. The topological polar surface area (TPSA) is 64.6 Å². The Bertz CT molecular complexity index is 302. The van der Waals surface area contributed by atoms with Gasteiger partial charge in [-0.2, -0.15) is 0 Å². The molecule has 0 aliphatic heterocycles. The van der Waals surface area contributed by atoms with Gasteiger partial charge in [0.15, 0.2) is 0 Å². The molecule has 5 heteroatoms. The molecular weight excluding hydrogens is 266 g/mol. The number of urea groups is 1. The first-order valence-electron chi connectivity index (χ1n) is 8.41. The number of nitrogens with zero attached hydrogens (tertiary/aromatic N) is 1. The fourth-order valence-electron chi connectivity index (χ4n) is 2.75. The summed E-state index contributed by atoms with van der Waals surface area (Å²) in [5.74, 6) is 0. The Morgan fingerprint density at radius 1 is 1.24 bits per heavy atom. The van der Waals surface area contributed by atoms with E-state index in [2.05, 4.69) is 36.4 Å². The Morgan fingerprint density at radius 2 is 1.86 bits per heavy atom. The number of carbonyl (C=O) groups is 1. The van der Waals surface area contributed by atoms with Crippen LogP contribution in [0.3, 0.4) is 0 Å². The SMILES string of the molecule is CCC(C)N(C)CCNC(=O)NCC1(O)CCCCCC1. The van der Waals surface area contributed by atoms with Crippen LogP contribution in [0, 0.1) is 0 Å². The summed E-state index contributed by atoms with van der Waals surface area (Å²) in [5, 5.41) is 16.1. The first-order valence-corrected chi connectivity index (χ1v) is 8.41. The molecule has 1 fully saturated rings. The van der Waals surface area contributed by atoms with E-state index in [0.29, 0.717) is 19.1 Å². The normalized spacial score (nSPS) is 19.9. The number of aliphatic hydroxyl groups is 1. The lowest BCUT2D eigenvalue weighted by molar-refractivity contribution is 0.0276. The minimum absolute atomic E-state index is 0.176. The highest BCUT2D eigenvalue weighted by molar-refractivity contribution is 5.73. The third-order valence-electron chi connectivity index (χ3n) is 4.71. The monoisotopic (exact) mass is 299 g/mol. The average molecular weight is 299 g/mol. The van der Waals surface area contributed by atoms with Gasteiger partial charge in [0, 0.05) is 25.7 Å². The Labute approximate surface area is 129 Å². The van der Waals surface area contributed by atoms with Crippen molar-refractivity contribution in [1.29, 1.82) is 0 Å². The van der Waals surface area contributed by atoms with E-state index in [9.17, 15) is 9.90 Å². The quantitative estimate of drug-likeness (QED) is 0.631. The number of nitrogens with one attached hydrogen (secondary N) is 2. The molecule has 0 aromatic heterocycles. The van der Waals surface area contributed by atoms with Crippen LogP contribution in [-0.4, -0.2) is 54.4 Å². The van der Waals surface area contributed by atoms with E-state index in [0.717, 1.165) is 38.6 Å². The van der Waals surface area contributed by atoms with E-state index in [1.807, 2.05) is 0 Å². The fraction of sp³-hybridized carbons (Fsp3) is 0.938. The lowest BCUT2D eigenvalue weighted by Gasteiger charge is -2.27. The Balaban J connectivity index is 2.18. The van der Waals surface area contributed by atoms with E-state index in [4.69, 9.17) is 0 Å². The average Bonchev–Trinajstić information content (AvgIpc) is 2.69. The van der Waals surface area contributed by atoms with Crippen LogP contribution in [0.4, 0.5) is 4.79 Å². The van der Waals surface area contributed by atoms with Crippen LogP contribution in [0.2, 0.25) is 0 Å². The molecule has 1 rings (SSSR count). The summed E-state index contributed by atoms with van der Waals surface area (Å²) in [4.78, 5) is 14.0. The van der Waals surface area contributed by atoms with Crippen LogP contribution in [0.1, 0.15) is 58.8 Å². The van der Waals surface area contributed by atoms with Crippen molar-refractivity contribution in [3.8, 4) is 0 Å². The molecule has 1 saturated carbocycles. The zero-order valence-electron chi connectivity index (χ0n) is 14.0. The van der Waals surface area contributed by atoms with Crippen LogP contribution >= 0.6 is 0 Å². The van der Waals surface area contributed by atoms with Crippen molar-refractivity contribution in [2.24, 2.45) is 0 Å². The van der Waals surface area contributed by atoms with E-state index in [1.165, 1.54) is 12.8 Å². The van der Waals surface area contributed by atoms with Crippen molar-refractivity contribution >= 4 is 6.03 Å². The Kier molecular flexibility index (Phi) is 8.04. The van der Waals surface area contributed by atoms with Crippen molar-refractivity contribution in [3.05, 3.63) is 0 Å². The van der Waals surface area contributed by atoms with Crippen molar-refractivity contribution in [1.82, 2.24) is 15.5 Å². The molecule has 1 aliphatic carbocycles. The Hall–Kier alpha value is -0.810. The molecule has 1 aliphatic rings. The summed E-state index contributed by atoms with van der Waals surface area (Å²) >= 11 is 0. The summed E-state index contributed by atoms with van der Waals surface area (Å²) in [5.41, 5.74) is -0.707. The number of hydrogen-bond acceptors (Lipinski definition) is 3. The summed E-state index contributed by atoms with van der Waals surface area (Å²) in [7, 11) is 2.07. The van der Waals surface area contributed by atoms with Gasteiger partial charge in [-0.3, -0.25) is 0 Å². The zero-order valence-corrected chi connectivity index (χ0v) is 14.0. The summed E-state index contributed by atoms with van der Waals surface area (Å²) in [6.07, 6.45) is 7.19. The van der Waals surface area contributed by atoms with Gasteiger partial charge in [-0.1, -0.05) is 32.6 Å². The predicted molar refractivity (Wildman–Crippen MR) is 86.4 cm³/mol. The minimum atomic E-state index is -0.707. The molecule has 1 atom stereocenters. The van der Waals surface area contributed by atoms with Crippen LogP contribution in [-0.2, 0) is 0 Å². The standard InChI is InChI=1S/C16H33N3O2/c1-4-14(2)19(3)12-11-17-15(20)18-13-16(21)9-7-5-6-8-10-16/h14,21H,4-13H2,1-3H3,(H2,17,18,20). The third-order valence-corrected chi connectivity index (χ3v) is 4.71. The number of likely N-dealkylation sites (N-methyl/N-ethyl adjacent to an activating group) is 1. The van der Waals surface area contributed by atoms with E-state index in [1.54, 1.807) is 0 Å². The first-order chi connectivity index (χ1) is 9.97. The number of amides is 2. The highest BCUT2D eigenvalue weighted by Crippen LogP contribution is 2.26. The molecule has 0 saturated heterocycles. The van der Waals surface area contributed by atoms with Gasteiger partial charge in [-0.25, -0.2) is 4.79 Å². The number of rotatable bonds is 7. The Morgan fingerprint density at radius 3 is 2.43 bits per heavy atom. The van der Waals surface area contributed by atoms with Crippen LogP contribution < -0.4 is 10.6 Å². The second-order valence-corrected chi connectivity index (χ2v) is 6.49. The van der Waals surface area contributed by atoms with Crippen molar-refractivity contribution in [2.75, 3.05) is 26.7 Å². The smallest absolute Gasteiger partial charge is 0.314 e. The van der Waals surface area contributed by atoms with E-state index < -0.39 is 5.60 Å². The number of carbonyl (C=O) groups excluding carboxylic acids is 1. The summed E-state index contributed by atoms with van der Waals surface area (Å²) in [6.45, 7) is 6.17. The van der Waals surface area contributed by atoms with Crippen LogP contribution in [0.5, 0.6) is 0 Å². The van der Waals surface area contributed by atoms with Gasteiger partial charge in [0.25, 0.3) is 0 Å². The molecule has 0 aromatic carbocycles. The lowest BCUT2D eigenvalue weighted by Crippen LogP contribution is -2.47. The van der Waals surface area contributed by atoms with Gasteiger partial charge in [0.2, 0.25) is 0 Å². The molecule has 0 heterocycles. The maximum Gasteiger partial charge on any atom is 0.314 e. The molecule has 0 bridgehead atoms. The van der Waals surface area contributed by atoms with E-state index >= 15 is 0 Å². The molecule has 3 N–H and O–H groups in total.